The van der Waals surface area contributed by atoms with Gasteiger partial charge in [0.25, 0.3) is 5.91 Å². The lowest BCUT2D eigenvalue weighted by molar-refractivity contribution is -0.134. The summed E-state index contributed by atoms with van der Waals surface area (Å²) >= 11 is 1.77. The molecule has 0 aliphatic carbocycles. The quantitative estimate of drug-likeness (QED) is 0.251. The van der Waals surface area contributed by atoms with Crippen molar-refractivity contribution >= 4 is 23.2 Å². The molecular weight excluding hydrogens is 476 g/mol. The molecule has 1 aromatic heterocycles. The molecule has 2 aromatic carbocycles. The molecular formula is C32H40N2O2S. The summed E-state index contributed by atoms with van der Waals surface area (Å²) in [5.74, 6) is -0.0587. The van der Waals surface area contributed by atoms with Crippen LogP contribution in [0.25, 0.3) is 0 Å². The Balaban J connectivity index is 1.51. The average Bonchev–Trinajstić information content (AvgIpc) is 3.42. The predicted octanol–water partition coefficient (Wildman–Crippen LogP) is 7.29. The summed E-state index contributed by atoms with van der Waals surface area (Å²) in [5, 5.41) is 2.12. The number of fused-ring (bicyclic) bond motifs is 1. The lowest BCUT2D eigenvalue weighted by Gasteiger charge is -2.38. The third-order valence-corrected chi connectivity index (χ3v) is 8.61. The van der Waals surface area contributed by atoms with E-state index in [0.29, 0.717) is 12.1 Å². The molecule has 37 heavy (non-hydrogen) atoms. The molecule has 0 saturated carbocycles. The molecule has 2 amide bonds. The molecule has 1 aliphatic rings. The zero-order valence-corrected chi connectivity index (χ0v) is 23.3. The standard InChI is InChI=1S/C32H40N2O2S/c1-4-6-7-9-12-25-15-17-27(18-16-25)32(36)34(24(3)5-2)23-30(35)33-21-19-29-28(20-22-37-29)31(33)26-13-10-8-11-14-26/h8,10-11,13-18,20,22,24,31H,4-7,9,12,19,21,23H2,1-3H3/t24-,31-/m0/s1. The Kier molecular flexibility index (Phi) is 9.56. The highest BCUT2D eigenvalue weighted by Gasteiger charge is 2.34. The van der Waals surface area contributed by atoms with Crippen LogP contribution in [-0.2, 0) is 17.6 Å². The van der Waals surface area contributed by atoms with Gasteiger partial charge in [0, 0.05) is 23.0 Å². The fourth-order valence-electron chi connectivity index (χ4n) is 5.20. The van der Waals surface area contributed by atoms with Gasteiger partial charge < -0.3 is 9.80 Å². The van der Waals surface area contributed by atoms with Crippen LogP contribution in [0.3, 0.4) is 0 Å². The van der Waals surface area contributed by atoms with Crippen LogP contribution in [-0.4, -0.2) is 40.7 Å². The highest BCUT2D eigenvalue weighted by atomic mass is 32.1. The Morgan fingerprint density at radius 1 is 1.00 bits per heavy atom. The maximum Gasteiger partial charge on any atom is 0.254 e. The summed E-state index contributed by atoms with van der Waals surface area (Å²) < 4.78 is 0. The SMILES string of the molecule is CCCCCCc1ccc(C(=O)N(CC(=O)N2CCc3sccc3[C@@H]2c2ccccc2)[C@@H](C)CC)cc1. The van der Waals surface area contributed by atoms with E-state index in [2.05, 4.69) is 49.6 Å². The van der Waals surface area contributed by atoms with Gasteiger partial charge in [-0.25, -0.2) is 0 Å². The molecule has 0 N–H and O–H groups in total. The van der Waals surface area contributed by atoms with Crippen LogP contribution in [0.1, 0.15) is 90.8 Å². The number of rotatable bonds is 11. The predicted molar refractivity (Wildman–Crippen MR) is 153 cm³/mol. The molecule has 0 unspecified atom stereocenters. The number of unbranched alkanes of at least 4 members (excludes halogenated alkanes) is 3. The van der Waals surface area contributed by atoms with Gasteiger partial charge in [-0.3, -0.25) is 9.59 Å². The van der Waals surface area contributed by atoms with E-state index < -0.39 is 0 Å². The number of amides is 2. The number of benzene rings is 2. The molecule has 5 heteroatoms. The first-order valence-corrected chi connectivity index (χ1v) is 14.7. The van der Waals surface area contributed by atoms with Gasteiger partial charge in [0.1, 0.15) is 6.54 Å². The van der Waals surface area contributed by atoms with Crippen LogP contribution >= 0.6 is 11.3 Å². The smallest absolute Gasteiger partial charge is 0.254 e. The monoisotopic (exact) mass is 516 g/mol. The molecule has 4 rings (SSSR count). The van der Waals surface area contributed by atoms with Crippen molar-refractivity contribution in [3.8, 4) is 0 Å². The van der Waals surface area contributed by atoms with Gasteiger partial charge in [0.05, 0.1) is 6.04 Å². The minimum absolute atomic E-state index is 0.00639. The average molecular weight is 517 g/mol. The van der Waals surface area contributed by atoms with E-state index in [9.17, 15) is 9.59 Å². The number of hydrogen-bond donors (Lipinski definition) is 0. The Bertz CT molecular complexity index is 1160. The number of carbonyl (C=O) groups excluding carboxylic acids is 2. The van der Waals surface area contributed by atoms with Gasteiger partial charge in [-0.15, -0.1) is 11.3 Å². The molecule has 2 heterocycles. The van der Waals surface area contributed by atoms with Crippen LogP contribution < -0.4 is 0 Å². The second-order valence-corrected chi connectivity index (χ2v) is 11.1. The molecule has 2 atom stereocenters. The van der Waals surface area contributed by atoms with E-state index in [-0.39, 0.29) is 30.4 Å². The first-order chi connectivity index (χ1) is 18.0. The van der Waals surface area contributed by atoms with E-state index in [1.165, 1.54) is 41.7 Å². The number of hydrogen-bond acceptors (Lipinski definition) is 3. The van der Waals surface area contributed by atoms with Crippen molar-refractivity contribution in [2.75, 3.05) is 13.1 Å². The number of carbonyl (C=O) groups is 2. The first kappa shape index (κ1) is 27.1. The third kappa shape index (κ3) is 6.51. The molecule has 0 bridgehead atoms. The van der Waals surface area contributed by atoms with Crippen molar-refractivity contribution in [3.05, 3.63) is 93.2 Å². The molecule has 1 aliphatic heterocycles. The largest absolute Gasteiger partial charge is 0.330 e. The second kappa shape index (κ2) is 13.0. The third-order valence-electron chi connectivity index (χ3n) is 7.61. The van der Waals surface area contributed by atoms with Crippen molar-refractivity contribution in [2.24, 2.45) is 0 Å². The zero-order chi connectivity index (χ0) is 26.2. The van der Waals surface area contributed by atoms with E-state index in [0.717, 1.165) is 24.8 Å². The Labute approximate surface area is 226 Å². The topological polar surface area (TPSA) is 40.6 Å². The van der Waals surface area contributed by atoms with E-state index in [4.69, 9.17) is 0 Å². The highest BCUT2D eigenvalue weighted by molar-refractivity contribution is 7.10. The van der Waals surface area contributed by atoms with Gasteiger partial charge in [-0.05, 0) is 72.9 Å². The van der Waals surface area contributed by atoms with Crippen LogP contribution in [0.15, 0.2) is 66.0 Å². The zero-order valence-electron chi connectivity index (χ0n) is 22.5. The van der Waals surface area contributed by atoms with Gasteiger partial charge in [-0.1, -0.05) is 75.6 Å². The van der Waals surface area contributed by atoms with Crippen molar-refractivity contribution in [1.82, 2.24) is 9.80 Å². The molecule has 196 valence electrons. The maximum atomic E-state index is 13.8. The van der Waals surface area contributed by atoms with Crippen LogP contribution in [0, 0.1) is 0 Å². The van der Waals surface area contributed by atoms with Crippen molar-refractivity contribution < 1.29 is 9.59 Å². The fraction of sp³-hybridized carbons (Fsp3) is 0.438. The Hall–Kier alpha value is -2.92. The summed E-state index contributed by atoms with van der Waals surface area (Å²) in [7, 11) is 0. The lowest BCUT2D eigenvalue weighted by Crippen LogP contribution is -2.49. The molecule has 0 fully saturated rings. The van der Waals surface area contributed by atoms with Gasteiger partial charge in [0.15, 0.2) is 0 Å². The van der Waals surface area contributed by atoms with E-state index in [1.807, 2.05) is 42.2 Å². The molecule has 0 spiro atoms. The van der Waals surface area contributed by atoms with Crippen LogP contribution in [0.4, 0.5) is 0 Å². The summed E-state index contributed by atoms with van der Waals surface area (Å²) in [6, 6.07) is 20.3. The normalized spacial score (nSPS) is 15.8. The maximum absolute atomic E-state index is 13.8. The molecule has 3 aromatic rings. The molecule has 0 saturated heterocycles. The fourth-order valence-corrected chi connectivity index (χ4v) is 6.10. The van der Waals surface area contributed by atoms with E-state index >= 15 is 0 Å². The Morgan fingerprint density at radius 2 is 1.76 bits per heavy atom. The van der Waals surface area contributed by atoms with Crippen LogP contribution in [0.2, 0.25) is 0 Å². The number of thiophene rings is 1. The van der Waals surface area contributed by atoms with Gasteiger partial charge in [-0.2, -0.15) is 0 Å². The molecule has 4 nitrogen and oxygen atoms in total. The summed E-state index contributed by atoms with van der Waals surface area (Å²) in [6.45, 7) is 7.09. The van der Waals surface area contributed by atoms with Crippen molar-refractivity contribution in [3.63, 3.8) is 0 Å². The van der Waals surface area contributed by atoms with Gasteiger partial charge >= 0.3 is 0 Å². The lowest BCUT2D eigenvalue weighted by atomic mass is 9.93. The number of aryl methyl sites for hydroxylation is 1. The first-order valence-electron chi connectivity index (χ1n) is 13.8. The van der Waals surface area contributed by atoms with E-state index in [1.54, 1.807) is 16.2 Å². The highest BCUT2D eigenvalue weighted by Crippen LogP contribution is 2.37. The summed E-state index contributed by atoms with van der Waals surface area (Å²) in [6.07, 6.45) is 7.63. The van der Waals surface area contributed by atoms with Crippen molar-refractivity contribution in [1.29, 1.82) is 0 Å². The minimum Gasteiger partial charge on any atom is -0.330 e. The summed E-state index contributed by atoms with van der Waals surface area (Å²) in [5.41, 5.74) is 4.26. The summed E-state index contributed by atoms with van der Waals surface area (Å²) in [4.78, 5) is 32.6. The minimum atomic E-state index is -0.107. The molecule has 0 radical (unpaired) electrons. The Morgan fingerprint density at radius 3 is 2.46 bits per heavy atom. The van der Waals surface area contributed by atoms with Crippen LogP contribution in [0.5, 0.6) is 0 Å². The van der Waals surface area contributed by atoms with Gasteiger partial charge in [0.2, 0.25) is 5.91 Å². The van der Waals surface area contributed by atoms with Crippen molar-refractivity contribution in [2.45, 2.75) is 77.8 Å². The number of nitrogens with zero attached hydrogens (tertiary/aromatic N) is 2. The second-order valence-electron chi connectivity index (χ2n) is 10.1.